The lowest BCUT2D eigenvalue weighted by molar-refractivity contribution is -0.123. The van der Waals surface area contributed by atoms with E-state index in [-0.39, 0.29) is 40.8 Å². The number of ether oxygens (including phenoxy) is 1. The van der Waals surface area contributed by atoms with Crippen LogP contribution in [0.3, 0.4) is 0 Å². The molecule has 0 aliphatic carbocycles. The number of rotatable bonds is 9. The molecule has 3 aromatic carbocycles. The molecule has 47 heavy (non-hydrogen) atoms. The van der Waals surface area contributed by atoms with Crippen molar-refractivity contribution in [1.29, 1.82) is 0 Å². The highest BCUT2D eigenvalue weighted by atomic mass is 35.5. The van der Waals surface area contributed by atoms with Crippen molar-refractivity contribution in [3.8, 4) is 11.4 Å². The number of aromatic nitrogens is 2. The third-order valence-electron chi connectivity index (χ3n) is 9.03. The second kappa shape index (κ2) is 13.8. The van der Waals surface area contributed by atoms with Crippen LogP contribution in [0, 0.1) is 5.82 Å². The van der Waals surface area contributed by atoms with Crippen molar-refractivity contribution in [3.63, 3.8) is 0 Å². The number of fused-ring (bicyclic) bond motifs is 1. The van der Waals surface area contributed by atoms with E-state index in [0.717, 1.165) is 42.7 Å². The molecule has 1 unspecified atom stereocenters. The summed E-state index contributed by atoms with van der Waals surface area (Å²) in [5.74, 6) is -1.31. The van der Waals surface area contributed by atoms with Crippen molar-refractivity contribution in [2.75, 3.05) is 38.6 Å². The molecule has 246 valence electrons. The van der Waals surface area contributed by atoms with Gasteiger partial charge in [0.25, 0.3) is 5.91 Å². The first-order valence-electron chi connectivity index (χ1n) is 15.5. The Bertz CT molecular complexity index is 1760. The molecule has 3 heterocycles. The van der Waals surface area contributed by atoms with E-state index >= 15 is 0 Å². The molecule has 0 spiro atoms. The van der Waals surface area contributed by atoms with Gasteiger partial charge in [-0.15, -0.1) is 0 Å². The van der Waals surface area contributed by atoms with Crippen LogP contribution in [-0.4, -0.2) is 77.7 Å². The number of halogens is 4. The fraction of sp³-hybridized carbons (Fsp3) is 0.343. The molecule has 0 radical (unpaired) electrons. The van der Waals surface area contributed by atoms with Gasteiger partial charge in [-0.2, -0.15) is 13.9 Å². The Kier molecular flexibility index (Phi) is 9.56. The zero-order valence-corrected chi connectivity index (χ0v) is 26.8. The molecule has 1 saturated heterocycles. The molecule has 8 nitrogen and oxygen atoms in total. The van der Waals surface area contributed by atoms with E-state index in [1.54, 1.807) is 23.1 Å². The molecule has 0 bridgehead atoms. The monoisotopic (exact) mass is 665 g/mol. The minimum absolute atomic E-state index is 0.00755. The van der Waals surface area contributed by atoms with Crippen LogP contribution in [0.25, 0.3) is 5.69 Å². The number of piperidine rings is 1. The normalized spacial score (nSPS) is 16.9. The summed E-state index contributed by atoms with van der Waals surface area (Å²) in [7, 11) is 4.20. The van der Waals surface area contributed by atoms with Crippen molar-refractivity contribution in [2.24, 2.45) is 0 Å². The summed E-state index contributed by atoms with van der Waals surface area (Å²) in [6.45, 7) is -0.909. The summed E-state index contributed by atoms with van der Waals surface area (Å²) >= 11 is 5.97. The first-order valence-corrected chi connectivity index (χ1v) is 15.9. The summed E-state index contributed by atoms with van der Waals surface area (Å²) in [5, 5.41) is 4.15. The summed E-state index contributed by atoms with van der Waals surface area (Å²) in [5.41, 5.74) is 3.75. The predicted molar refractivity (Wildman–Crippen MR) is 173 cm³/mol. The fourth-order valence-corrected chi connectivity index (χ4v) is 6.79. The number of benzene rings is 3. The molecule has 2 aliphatic rings. The average molecular weight is 666 g/mol. The van der Waals surface area contributed by atoms with Crippen LogP contribution < -0.4 is 9.64 Å². The molecule has 0 N–H and O–H groups in total. The number of anilines is 1. The minimum atomic E-state index is -2.96. The molecule has 12 heteroatoms. The molecule has 1 amide bonds. The third kappa shape index (κ3) is 6.87. The SMILES string of the molecule is CN(C)C1CCN(c2cccc3c2CCN(C(=O)c2cnn(-c4cccc(Cl)c4F)c2)C3C(=O)Cc2ccc(OC(F)F)cc2)CC1. The van der Waals surface area contributed by atoms with Gasteiger partial charge in [0.05, 0.1) is 16.8 Å². The molecule has 4 aromatic rings. The Morgan fingerprint density at radius 2 is 1.70 bits per heavy atom. The Morgan fingerprint density at radius 1 is 1.00 bits per heavy atom. The maximum absolute atomic E-state index is 14.7. The van der Waals surface area contributed by atoms with Crippen LogP contribution in [0.1, 0.15) is 45.9 Å². The van der Waals surface area contributed by atoms with Crippen molar-refractivity contribution >= 4 is 29.0 Å². The van der Waals surface area contributed by atoms with Crippen LogP contribution in [0.15, 0.2) is 73.1 Å². The molecular formula is C35H35ClF3N5O3. The number of amides is 1. The number of alkyl halides is 2. The smallest absolute Gasteiger partial charge is 0.387 e. The second-order valence-electron chi connectivity index (χ2n) is 12.1. The quantitative estimate of drug-likeness (QED) is 0.208. The minimum Gasteiger partial charge on any atom is -0.435 e. The molecule has 6 rings (SSSR count). The fourth-order valence-electron chi connectivity index (χ4n) is 6.62. The van der Waals surface area contributed by atoms with Crippen molar-refractivity contribution in [1.82, 2.24) is 19.6 Å². The van der Waals surface area contributed by atoms with Gasteiger partial charge in [-0.05, 0) is 80.4 Å². The summed E-state index contributed by atoms with van der Waals surface area (Å²) in [6, 6.07) is 16.0. The lowest BCUT2D eigenvalue weighted by atomic mass is 9.86. The van der Waals surface area contributed by atoms with Crippen molar-refractivity contribution < 1.29 is 27.5 Å². The molecule has 0 saturated carbocycles. The van der Waals surface area contributed by atoms with E-state index in [9.17, 15) is 22.8 Å². The second-order valence-corrected chi connectivity index (χ2v) is 12.5. The lowest BCUT2D eigenvalue weighted by Crippen LogP contribution is -2.45. The highest BCUT2D eigenvalue weighted by Crippen LogP contribution is 2.38. The molecular weight excluding hydrogens is 631 g/mol. The number of carbonyl (C=O) groups excluding carboxylic acids is 2. The number of Topliss-reactive ketones (excluding diaryl/α,β-unsaturated/α-hetero) is 1. The van der Waals surface area contributed by atoms with Gasteiger partial charge < -0.3 is 19.4 Å². The van der Waals surface area contributed by atoms with Gasteiger partial charge in [0.2, 0.25) is 0 Å². The van der Waals surface area contributed by atoms with E-state index in [0.29, 0.717) is 18.0 Å². The topological polar surface area (TPSA) is 70.9 Å². The number of hydrogen-bond donors (Lipinski definition) is 0. The average Bonchev–Trinajstić information content (AvgIpc) is 3.55. The van der Waals surface area contributed by atoms with Crippen LogP contribution in [-0.2, 0) is 17.6 Å². The van der Waals surface area contributed by atoms with Gasteiger partial charge in [-0.25, -0.2) is 9.07 Å². The van der Waals surface area contributed by atoms with E-state index in [1.807, 2.05) is 12.1 Å². The third-order valence-corrected chi connectivity index (χ3v) is 9.32. The first-order chi connectivity index (χ1) is 22.6. The van der Waals surface area contributed by atoms with Crippen LogP contribution in [0.4, 0.5) is 18.9 Å². The van der Waals surface area contributed by atoms with E-state index in [1.165, 1.54) is 41.3 Å². The van der Waals surface area contributed by atoms with Gasteiger partial charge in [0.15, 0.2) is 11.6 Å². The Morgan fingerprint density at radius 3 is 2.40 bits per heavy atom. The van der Waals surface area contributed by atoms with E-state index < -0.39 is 24.4 Å². The van der Waals surface area contributed by atoms with Crippen LogP contribution >= 0.6 is 11.6 Å². The number of hydrogen-bond acceptors (Lipinski definition) is 6. The molecule has 1 atom stereocenters. The van der Waals surface area contributed by atoms with Crippen molar-refractivity contribution in [3.05, 3.63) is 106 Å². The van der Waals surface area contributed by atoms with Gasteiger partial charge in [-0.1, -0.05) is 41.9 Å². The first kappa shape index (κ1) is 32.6. The van der Waals surface area contributed by atoms with Crippen LogP contribution in [0.2, 0.25) is 5.02 Å². The molecule has 1 aromatic heterocycles. The molecule has 1 fully saturated rings. The maximum Gasteiger partial charge on any atom is 0.387 e. The van der Waals surface area contributed by atoms with E-state index in [2.05, 4.69) is 39.8 Å². The van der Waals surface area contributed by atoms with Gasteiger partial charge >= 0.3 is 6.61 Å². The highest BCUT2D eigenvalue weighted by molar-refractivity contribution is 6.30. The number of ketones is 1. The largest absolute Gasteiger partial charge is 0.435 e. The summed E-state index contributed by atoms with van der Waals surface area (Å²) in [6.07, 6.45) is 5.34. The number of nitrogens with zero attached hydrogens (tertiary/aromatic N) is 5. The van der Waals surface area contributed by atoms with Gasteiger partial charge in [-0.3, -0.25) is 9.59 Å². The van der Waals surface area contributed by atoms with Crippen molar-refractivity contribution in [2.45, 2.75) is 44.4 Å². The maximum atomic E-state index is 14.7. The number of carbonyl (C=O) groups is 2. The van der Waals surface area contributed by atoms with Crippen LogP contribution in [0.5, 0.6) is 5.75 Å². The highest BCUT2D eigenvalue weighted by Gasteiger charge is 2.38. The van der Waals surface area contributed by atoms with Gasteiger partial charge in [0, 0.05) is 44.0 Å². The van der Waals surface area contributed by atoms with Gasteiger partial charge in [0.1, 0.15) is 17.5 Å². The summed E-state index contributed by atoms with van der Waals surface area (Å²) < 4.78 is 45.8. The standard InChI is InChI=1S/C35H35ClF3N5O3/c1-41(2)24-13-16-42(17-14-24)29-7-3-5-27-26(29)15-18-43(33(27)31(45)19-22-9-11-25(12-10-22)47-35(38)39)34(46)23-20-40-44(21-23)30-8-4-6-28(36)32(30)37/h3-12,20-21,24,33,35H,13-19H2,1-2H3. The zero-order valence-electron chi connectivity index (χ0n) is 26.1. The van der Waals surface area contributed by atoms with E-state index in [4.69, 9.17) is 11.6 Å². The Balaban J connectivity index is 1.32. The Hall–Kier alpha value is -4.35. The predicted octanol–water partition coefficient (Wildman–Crippen LogP) is 6.35. The summed E-state index contributed by atoms with van der Waals surface area (Å²) in [4.78, 5) is 34.5. The lowest BCUT2D eigenvalue weighted by Gasteiger charge is -2.41. The zero-order chi connectivity index (χ0) is 33.2. The molecule has 2 aliphatic heterocycles. The Labute approximate surface area is 276 Å².